The van der Waals surface area contributed by atoms with Crippen LogP contribution in [0.25, 0.3) is 0 Å². The van der Waals surface area contributed by atoms with Crippen LogP contribution in [0.15, 0.2) is 0 Å². The predicted octanol–water partition coefficient (Wildman–Crippen LogP) is 0.575. The van der Waals surface area contributed by atoms with Gasteiger partial charge in [-0.3, -0.25) is 0 Å². The highest BCUT2D eigenvalue weighted by molar-refractivity contribution is 6.64. The summed E-state index contributed by atoms with van der Waals surface area (Å²) in [7, 11) is 1.45. The Balaban J connectivity index is 3.38. The Morgan fingerprint density at radius 3 is 2.10 bits per heavy atom. The van der Waals surface area contributed by atoms with Crippen LogP contribution in [-0.2, 0) is 4.79 Å². The van der Waals surface area contributed by atoms with E-state index in [0.29, 0.717) is 24.8 Å². The van der Waals surface area contributed by atoms with E-state index in [0.717, 1.165) is 6.19 Å². The van der Waals surface area contributed by atoms with Gasteiger partial charge in [-0.2, -0.15) is 0 Å². The van der Waals surface area contributed by atoms with Crippen molar-refractivity contribution in [2.45, 2.75) is 0 Å². The van der Waals surface area contributed by atoms with Gasteiger partial charge in [0.05, 0.1) is 6.19 Å². The number of hydrogen-bond acceptors (Lipinski definition) is 2. The number of halogens is 2. The molecule has 0 aromatic carbocycles. The maximum atomic E-state index is 9.98. The van der Waals surface area contributed by atoms with Crippen molar-refractivity contribution in [2.24, 2.45) is 0 Å². The first-order valence-electron chi connectivity index (χ1n) is 2.99. The lowest BCUT2D eigenvalue weighted by Crippen LogP contribution is -2.32. The number of hydrogen-bond donors (Lipinski definition) is 0. The maximum Gasteiger partial charge on any atom is 0.293 e. The van der Waals surface area contributed by atoms with Crippen molar-refractivity contribution in [1.82, 2.24) is 4.81 Å². The Hall–Kier alpha value is 0.275. The molecule has 0 spiro atoms. The van der Waals surface area contributed by atoms with E-state index in [9.17, 15) is 4.79 Å². The average Bonchev–Trinajstić information content (AvgIpc) is 1.90. The number of rotatable bonds is 6. The average molecular weight is 181 g/mol. The van der Waals surface area contributed by atoms with E-state index in [4.69, 9.17) is 23.2 Å². The lowest BCUT2D eigenvalue weighted by atomic mass is 9.95. The standard InChI is InChI=1S/C5H9BCl2NO/c7-1-3-9(4-2-8)6-5-10/h5H,1-4H2. The molecule has 0 bridgehead atoms. The van der Waals surface area contributed by atoms with Crippen molar-refractivity contribution in [2.75, 3.05) is 24.8 Å². The Morgan fingerprint density at radius 2 is 1.80 bits per heavy atom. The first-order valence-corrected chi connectivity index (χ1v) is 4.06. The first kappa shape index (κ1) is 10.3. The molecule has 0 unspecified atom stereocenters. The minimum atomic E-state index is 0.515. The fourth-order valence-electron chi connectivity index (χ4n) is 0.564. The monoisotopic (exact) mass is 180 g/mol. The molecule has 0 fully saturated rings. The summed E-state index contributed by atoms with van der Waals surface area (Å²) < 4.78 is 0. The third kappa shape index (κ3) is 5.09. The second kappa shape index (κ2) is 7.38. The number of alkyl halides is 2. The van der Waals surface area contributed by atoms with Gasteiger partial charge in [-0.1, -0.05) is 0 Å². The molecule has 0 aliphatic carbocycles. The highest BCUT2D eigenvalue weighted by Crippen LogP contribution is 1.87. The molecule has 0 aromatic rings. The van der Waals surface area contributed by atoms with Gasteiger partial charge < -0.3 is 9.61 Å². The van der Waals surface area contributed by atoms with E-state index < -0.39 is 0 Å². The molecule has 57 valence electrons. The van der Waals surface area contributed by atoms with E-state index in [2.05, 4.69) is 0 Å². The molecular weight excluding hydrogens is 172 g/mol. The van der Waals surface area contributed by atoms with E-state index in [1.165, 1.54) is 7.41 Å². The molecule has 0 heterocycles. The van der Waals surface area contributed by atoms with Gasteiger partial charge in [-0.25, -0.2) is 0 Å². The zero-order valence-corrected chi connectivity index (χ0v) is 7.11. The van der Waals surface area contributed by atoms with E-state index in [-0.39, 0.29) is 0 Å². The van der Waals surface area contributed by atoms with Gasteiger partial charge >= 0.3 is 0 Å². The fourth-order valence-corrected chi connectivity index (χ4v) is 0.998. The van der Waals surface area contributed by atoms with E-state index in [1.54, 1.807) is 4.81 Å². The summed E-state index contributed by atoms with van der Waals surface area (Å²) >= 11 is 10.9. The molecule has 0 saturated heterocycles. The van der Waals surface area contributed by atoms with Crippen molar-refractivity contribution in [1.29, 1.82) is 0 Å². The molecule has 0 aromatic heterocycles. The molecule has 2 nitrogen and oxygen atoms in total. The second-order valence-electron chi connectivity index (χ2n) is 1.70. The minimum absolute atomic E-state index is 0.515. The molecule has 0 N–H and O–H groups in total. The van der Waals surface area contributed by atoms with Crippen LogP contribution in [0.4, 0.5) is 0 Å². The molecule has 1 radical (unpaired) electrons. The van der Waals surface area contributed by atoms with Crippen LogP contribution in [0.3, 0.4) is 0 Å². The zero-order valence-electron chi connectivity index (χ0n) is 5.59. The molecular formula is C5H9BCl2NO. The number of carbonyl (C=O) groups is 1. The van der Waals surface area contributed by atoms with Gasteiger partial charge in [0, 0.05) is 24.8 Å². The molecule has 0 saturated carbocycles. The van der Waals surface area contributed by atoms with Crippen molar-refractivity contribution in [3.05, 3.63) is 0 Å². The Morgan fingerprint density at radius 1 is 1.30 bits per heavy atom. The molecule has 0 rings (SSSR count). The molecule has 0 amide bonds. The lowest BCUT2D eigenvalue weighted by molar-refractivity contribution is 0.499. The number of nitrogens with zero attached hydrogens (tertiary/aromatic N) is 1. The first-order chi connectivity index (χ1) is 4.85. The van der Waals surface area contributed by atoms with Crippen molar-refractivity contribution in [3.8, 4) is 0 Å². The number of carbonyl (C=O) groups excluding carboxylic acids is 1. The summed E-state index contributed by atoms with van der Waals surface area (Å²) in [6, 6.07) is 0. The molecule has 5 heteroatoms. The second-order valence-corrected chi connectivity index (χ2v) is 2.46. The van der Waals surface area contributed by atoms with Gasteiger partial charge in [0.1, 0.15) is 0 Å². The van der Waals surface area contributed by atoms with Crippen LogP contribution < -0.4 is 0 Å². The van der Waals surface area contributed by atoms with Gasteiger partial charge in [0.2, 0.25) is 0 Å². The van der Waals surface area contributed by atoms with Crippen LogP contribution >= 0.6 is 23.2 Å². The van der Waals surface area contributed by atoms with Gasteiger partial charge in [0.15, 0.2) is 0 Å². The topological polar surface area (TPSA) is 20.3 Å². The normalized spacial score (nSPS) is 9.90. The zero-order chi connectivity index (χ0) is 7.82. The van der Waals surface area contributed by atoms with E-state index in [1.807, 2.05) is 0 Å². The van der Waals surface area contributed by atoms with Gasteiger partial charge in [-0.15, -0.1) is 23.2 Å². The van der Waals surface area contributed by atoms with Crippen molar-refractivity contribution in [3.63, 3.8) is 0 Å². The van der Waals surface area contributed by atoms with Crippen LogP contribution in [-0.4, -0.2) is 43.3 Å². The largest absolute Gasteiger partial charge is 0.338 e. The molecule has 0 aliphatic rings. The van der Waals surface area contributed by atoms with E-state index >= 15 is 0 Å². The Labute approximate surface area is 71.7 Å². The van der Waals surface area contributed by atoms with Crippen LogP contribution in [0.1, 0.15) is 0 Å². The van der Waals surface area contributed by atoms with Gasteiger partial charge in [-0.05, 0) is 0 Å². The third-order valence-electron chi connectivity index (χ3n) is 1.02. The van der Waals surface area contributed by atoms with Gasteiger partial charge in [0.25, 0.3) is 7.41 Å². The molecule has 0 aliphatic heterocycles. The summed E-state index contributed by atoms with van der Waals surface area (Å²) in [4.78, 5) is 11.8. The van der Waals surface area contributed by atoms with Crippen LogP contribution in [0.5, 0.6) is 0 Å². The smallest absolute Gasteiger partial charge is 0.293 e. The summed E-state index contributed by atoms with van der Waals surface area (Å²) in [5.41, 5.74) is 0. The third-order valence-corrected chi connectivity index (χ3v) is 1.35. The Bertz CT molecular complexity index is 87.7. The SMILES string of the molecule is O=C[B]N(CCCl)CCCl. The summed E-state index contributed by atoms with van der Waals surface area (Å²) in [6.45, 7) is 1.35. The highest BCUT2D eigenvalue weighted by Gasteiger charge is 2.02. The summed E-state index contributed by atoms with van der Waals surface area (Å²) in [5, 5.41) is 0. The predicted molar refractivity (Wildman–Crippen MR) is 45.5 cm³/mol. The Kier molecular flexibility index (Phi) is 7.59. The minimum Gasteiger partial charge on any atom is -0.338 e. The molecule has 10 heavy (non-hydrogen) atoms. The summed E-state index contributed by atoms with van der Waals surface area (Å²) in [5.74, 6) is 1.03. The quantitative estimate of drug-likeness (QED) is 0.339. The lowest BCUT2D eigenvalue weighted by Gasteiger charge is -2.14. The summed E-state index contributed by atoms with van der Waals surface area (Å²) in [6.07, 6.45) is 0.735. The van der Waals surface area contributed by atoms with Crippen molar-refractivity contribution >= 4 is 36.8 Å². The van der Waals surface area contributed by atoms with Crippen molar-refractivity contribution < 1.29 is 4.79 Å². The van der Waals surface area contributed by atoms with Crippen LogP contribution in [0.2, 0.25) is 0 Å². The molecule has 0 atom stereocenters. The highest BCUT2D eigenvalue weighted by atomic mass is 35.5. The fraction of sp³-hybridized carbons (Fsp3) is 0.800. The van der Waals surface area contributed by atoms with Crippen LogP contribution in [0, 0.1) is 0 Å². The maximum absolute atomic E-state index is 9.98.